The molecule has 9 heteroatoms. The van der Waals surface area contributed by atoms with Crippen LogP contribution in [-0.4, -0.2) is 26.6 Å². The van der Waals surface area contributed by atoms with E-state index in [9.17, 15) is 13.2 Å². The van der Waals surface area contributed by atoms with Crippen LogP contribution in [0.25, 0.3) is 0 Å². The van der Waals surface area contributed by atoms with Crippen LogP contribution in [0.1, 0.15) is 6.92 Å². The predicted octanol–water partition coefficient (Wildman–Crippen LogP) is 4.44. The van der Waals surface area contributed by atoms with Gasteiger partial charge in [-0.1, -0.05) is 46.9 Å². The second-order valence-electron chi connectivity index (χ2n) is 5.33. The van der Waals surface area contributed by atoms with Crippen molar-refractivity contribution < 1.29 is 13.2 Å². The second-order valence-corrected chi connectivity index (χ2v) is 8.47. The van der Waals surface area contributed by atoms with Gasteiger partial charge < -0.3 is 5.32 Å². The average Bonchev–Trinajstić information content (AvgIpc) is 2.47. The Kier molecular flexibility index (Phi) is 6.21. The van der Waals surface area contributed by atoms with Crippen LogP contribution in [-0.2, 0) is 14.8 Å². The minimum atomic E-state index is -3.78. The van der Waals surface area contributed by atoms with Crippen LogP contribution in [0.2, 0.25) is 15.1 Å². The van der Waals surface area contributed by atoms with Gasteiger partial charge in [-0.25, -0.2) is 8.42 Å². The lowest BCUT2D eigenvalue weighted by Gasteiger charge is -2.28. The normalized spacial score (nSPS) is 12.5. The molecule has 0 fully saturated rings. The van der Waals surface area contributed by atoms with Gasteiger partial charge in [0.25, 0.3) is 0 Å². The fourth-order valence-corrected chi connectivity index (χ4v) is 4.13. The smallest absolute Gasteiger partial charge is 0.248 e. The zero-order valence-electron chi connectivity index (χ0n) is 13.3. The molecule has 134 valence electrons. The zero-order chi connectivity index (χ0) is 18.8. The van der Waals surface area contributed by atoms with Crippen LogP contribution >= 0.6 is 34.8 Å². The minimum Gasteiger partial charge on any atom is -0.323 e. The average molecular weight is 422 g/mol. The molecule has 1 amide bonds. The van der Waals surface area contributed by atoms with Crippen molar-refractivity contribution in [3.8, 4) is 0 Å². The number of nitrogens with one attached hydrogen (secondary N) is 1. The molecule has 0 heterocycles. The lowest BCUT2D eigenvalue weighted by molar-refractivity contribution is -0.116. The molecule has 0 aromatic heterocycles. The molecule has 1 N–H and O–H groups in total. The maximum absolute atomic E-state index is 12.6. The molecule has 0 aliphatic heterocycles. The van der Waals surface area contributed by atoms with Gasteiger partial charge in [0.2, 0.25) is 15.9 Å². The highest BCUT2D eigenvalue weighted by atomic mass is 35.5. The van der Waals surface area contributed by atoms with E-state index in [2.05, 4.69) is 5.32 Å². The summed E-state index contributed by atoms with van der Waals surface area (Å²) in [4.78, 5) is 12.6. The van der Waals surface area contributed by atoms with Crippen molar-refractivity contribution in [1.29, 1.82) is 0 Å². The fraction of sp³-hybridized carbons (Fsp3) is 0.188. The number of anilines is 2. The monoisotopic (exact) mass is 420 g/mol. The standard InChI is InChI=1S/C16H15Cl3N2O3S/c1-10(16(22)20-15-6-4-3-5-14(15)19)21(25(2,23)24)13-8-11(17)7-12(18)9-13/h3-10H,1-2H3,(H,20,22)/t10-/m0/s1. The number of para-hydroxylation sites is 1. The predicted molar refractivity (Wildman–Crippen MR) is 103 cm³/mol. The van der Waals surface area contributed by atoms with Gasteiger partial charge >= 0.3 is 0 Å². The number of carbonyl (C=O) groups is 1. The summed E-state index contributed by atoms with van der Waals surface area (Å²) in [7, 11) is -3.78. The number of amides is 1. The third kappa shape index (κ3) is 5.01. The number of carbonyl (C=O) groups excluding carboxylic acids is 1. The number of nitrogens with zero attached hydrogens (tertiary/aromatic N) is 1. The summed E-state index contributed by atoms with van der Waals surface area (Å²) in [6.45, 7) is 1.46. The number of sulfonamides is 1. The SMILES string of the molecule is C[C@@H](C(=O)Nc1ccccc1Cl)N(c1cc(Cl)cc(Cl)c1)S(C)(=O)=O. The second kappa shape index (κ2) is 7.83. The lowest BCUT2D eigenvalue weighted by Crippen LogP contribution is -2.45. The van der Waals surface area contributed by atoms with Crippen LogP contribution in [0.3, 0.4) is 0 Å². The summed E-state index contributed by atoms with van der Waals surface area (Å²) in [5, 5.41) is 3.48. The van der Waals surface area contributed by atoms with E-state index in [1.165, 1.54) is 25.1 Å². The molecular formula is C16H15Cl3N2O3S. The first-order chi connectivity index (χ1) is 11.6. The number of rotatable bonds is 5. The molecule has 2 rings (SSSR count). The number of hydrogen-bond donors (Lipinski definition) is 1. The summed E-state index contributed by atoms with van der Waals surface area (Å²) >= 11 is 17.9. The first kappa shape index (κ1) is 19.8. The quantitative estimate of drug-likeness (QED) is 0.776. The van der Waals surface area contributed by atoms with E-state index in [0.717, 1.165) is 10.6 Å². The van der Waals surface area contributed by atoms with Crippen LogP contribution in [0, 0.1) is 0 Å². The van der Waals surface area contributed by atoms with Crippen molar-refractivity contribution in [2.24, 2.45) is 0 Å². The summed E-state index contributed by atoms with van der Waals surface area (Å²) in [6.07, 6.45) is 1.00. The Bertz CT molecular complexity index is 883. The van der Waals surface area contributed by atoms with Crippen molar-refractivity contribution in [2.75, 3.05) is 15.9 Å². The molecule has 2 aromatic rings. The van der Waals surface area contributed by atoms with Gasteiger partial charge in [-0.2, -0.15) is 0 Å². The maximum atomic E-state index is 12.6. The number of halogens is 3. The van der Waals surface area contributed by atoms with Gasteiger partial charge in [0, 0.05) is 10.0 Å². The summed E-state index contributed by atoms with van der Waals surface area (Å²) in [5.41, 5.74) is 0.584. The summed E-state index contributed by atoms with van der Waals surface area (Å²) in [6, 6.07) is 9.93. The van der Waals surface area contributed by atoms with Crippen molar-refractivity contribution in [1.82, 2.24) is 0 Å². The molecule has 0 aliphatic carbocycles. The highest BCUT2D eigenvalue weighted by molar-refractivity contribution is 7.92. The Labute approximate surface area is 161 Å². The third-order valence-electron chi connectivity index (χ3n) is 3.32. The largest absolute Gasteiger partial charge is 0.323 e. The van der Waals surface area contributed by atoms with E-state index in [1.54, 1.807) is 24.3 Å². The third-order valence-corrected chi connectivity index (χ3v) is 5.33. The molecule has 0 radical (unpaired) electrons. The molecule has 1 atom stereocenters. The Morgan fingerprint density at radius 1 is 1.08 bits per heavy atom. The van der Waals surface area contributed by atoms with Gasteiger partial charge in [0.05, 0.1) is 22.7 Å². The molecular weight excluding hydrogens is 407 g/mol. The highest BCUT2D eigenvalue weighted by Crippen LogP contribution is 2.29. The fourth-order valence-electron chi connectivity index (χ4n) is 2.28. The van der Waals surface area contributed by atoms with Crippen LogP contribution in [0.5, 0.6) is 0 Å². The molecule has 0 aliphatic rings. The first-order valence-electron chi connectivity index (χ1n) is 7.10. The van der Waals surface area contributed by atoms with E-state index in [-0.39, 0.29) is 15.7 Å². The lowest BCUT2D eigenvalue weighted by atomic mass is 10.2. The number of hydrogen-bond acceptors (Lipinski definition) is 3. The molecule has 0 unspecified atom stereocenters. The van der Waals surface area contributed by atoms with Crippen molar-refractivity contribution in [3.63, 3.8) is 0 Å². The maximum Gasteiger partial charge on any atom is 0.248 e. The van der Waals surface area contributed by atoms with E-state index in [4.69, 9.17) is 34.8 Å². The molecule has 0 bridgehead atoms. The molecule has 0 saturated carbocycles. The Morgan fingerprint density at radius 2 is 1.64 bits per heavy atom. The Balaban J connectivity index is 2.38. The minimum absolute atomic E-state index is 0.196. The van der Waals surface area contributed by atoms with Crippen molar-refractivity contribution in [2.45, 2.75) is 13.0 Å². The van der Waals surface area contributed by atoms with Crippen molar-refractivity contribution >= 4 is 62.1 Å². The molecule has 2 aromatic carbocycles. The Morgan fingerprint density at radius 3 is 2.16 bits per heavy atom. The van der Waals surface area contributed by atoms with E-state index >= 15 is 0 Å². The summed E-state index contributed by atoms with van der Waals surface area (Å²) in [5.74, 6) is -0.547. The van der Waals surface area contributed by atoms with Gasteiger partial charge in [0.1, 0.15) is 6.04 Å². The van der Waals surface area contributed by atoms with Gasteiger partial charge in [0.15, 0.2) is 0 Å². The molecule has 25 heavy (non-hydrogen) atoms. The van der Waals surface area contributed by atoms with E-state index in [0.29, 0.717) is 10.7 Å². The van der Waals surface area contributed by atoms with Crippen LogP contribution < -0.4 is 9.62 Å². The van der Waals surface area contributed by atoms with Crippen LogP contribution in [0.4, 0.5) is 11.4 Å². The van der Waals surface area contributed by atoms with Crippen LogP contribution in [0.15, 0.2) is 42.5 Å². The molecule has 0 saturated heterocycles. The van der Waals surface area contributed by atoms with Gasteiger partial charge in [-0.3, -0.25) is 9.10 Å². The molecule has 0 spiro atoms. The van der Waals surface area contributed by atoms with Crippen molar-refractivity contribution in [3.05, 3.63) is 57.5 Å². The van der Waals surface area contributed by atoms with Gasteiger partial charge in [-0.15, -0.1) is 0 Å². The first-order valence-corrected chi connectivity index (χ1v) is 10.1. The van der Waals surface area contributed by atoms with Gasteiger partial charge in [-0.05, 0) is 37.3 Å². The topological polar surface area (TPSA) is 66.5 Å². The number of benzene rings is 2. The zero-order valence-corrected chi connectivity index (χ0v) is 16.4. The highest BCUT2D eigenvalue weighted by Gasteiger charge is 2.30. The Hall–Kier alpha value is -1.47. The molecule has 5 nitrogen and oxygen atoms in total. The van der Waals surface area contributed by atoms with E-state index < -0.39 is 22.0 Å². The summed E-state index contributed by atoms with van der Waals surface area (Å²) < 4.78 is 25.5. The van der Waals surface area contributed by atoms with E-state index in [1.807, 2.05) is 0 Å².